The van der Waals surface area contributed by atoms with E-state index in [1.165, 1.54) is 43.6 Å². The molecule has 0 spiro atoms. The summed E-state index contributed by atoms with van der Waals surface area (Å²) in [6, 6.07) is 8.51. The number of primary amides is 1. The lowest BCUT2D eigenvalue weighted by Gasteiger charge is -2.28. The van der Waals surface area contributed by atoms with Crippen molar-refractivity contribution in [2.45, 2.75) is 4.90 Å². The number of benzene rings is 1. The number of hydrogen-bond donors (Lipinski definition) is 3. The maximum Gasteiger partial charge on any atom is 0.277 e. The third-order valence-corrected chi connectivity index (χ3v) is 5.64. The number of fused-ring (bicyclic) bond motifs is 1. The normalized spacial score (nSPS) is 15.3. The predicted octanol–water partition coefficient (Wildman–Crippen LogP) is 0.680. The zero-order valence-corrected chi connectivity index (χ0v) is 14.3. The highest BCUT2D eigenvalue weighted by molar-refractivity contribution is 7.89. The van der Waals surface area contributed by atoms with Gasteiger partial charge >= 0.3 is 0 Å². The van der Waals surface area contributed by atoms with Gasteiger partial charge in [-0.3, -0.25) is 13.9 Å². The second-order valence-electron chi connectivity index (χ2n) is 5.42. The van der Waals surface area contributed by atoms with Crippen molar-refractivity contribution >= 4 is 33.4 Å². The maximum atomic E-state index is 12.6. The van der Waals surface area contributed by atoms with E-state index in [0.717, 1.165) is 0 Å². The van der Waals surface area contributed by atoms with E-state index >= 15 is 0 Å². The van der Waals surface area contributed by atoms with Gasteiger partial charge in [-0.25, -0.2) is 13.4 Å². The highest BCUT2D eigenvalue weighted by atomic mass is 32.2. The first-order valence-corrected chi connectivity index (χ1v) is 8.76. The number of aliphatic hydroxyl groups excluding tert-OH is 1. The summed E-state index contributed by atoms with van der Waals surface area (Å²) >= 11 is 0. The number of sulfonamides is 1. The molecule has 1 aliphatic heterocycles. The maximum absolute atomic E-state index is 12.6. The van der Waals surface area contributed by atoms with Crippen LogP contribution in [0.4, 0.5) is 5.82 Å². The molecule has 4 N–H and O–H groups in total. The summed E-state index contributed by atoms with van der Waals surface area (Å²) in [5, 5.41) is 12.8. The van der Waals surface area contributed by atoms with E-state index < -0.39 is 33.3 Å². The molecule has 0 saturated heterocycles. The van der Waals surface area contributed by atoms with Crippen molar-refractivity contribution in [2.24, 2.45) is 5.73 Å². The summed E-state index contributed by atoms with van der Waals surface area (Å²) in [6.07, 6.45) is 1.17. The van der Waals surface area contributed by atoms with E-state index in [-0.39, 0.29) is 21.8 Å². The van der Waals surface area contributed by atoms with Gasteiger partial charge in [-0.2, -0.15) is 0 Å². The molecule has 0 atom stereocenters. The zero-order valence-electron chi connectivity index (χ0n) is 13.5. The number of nitrogens with one attached hydrogen (secondary N) is 1. The van der Waals surface area contributed by atoms with Gasteiger partial charge in [0.1, 0.15) is 5.82 Å². The number of carbonyl (C=O) groups excluding carboxylic acids is 2. The number of anilines is 1. The molecular formula is C16H14N4O5S. The van der Waals surface area contributed by atoms with Crippen LogP contribution in [0.1, 0.15) is 15.9 Å². The van der Waals surface area contributed by atoms with Crippen LogP contribution in [0.5, 0.6) is 0 Å². The molecule has 0 aliphatic carbocycles. The Morgan fingerprint density at radius 2 is 1.88 bits per heavy atom. The molecule has 0 radical (unpaired) electrons. The minimum Gasteiger partial charge on any atom is -0.505 e. The van der Waals surface area contributed by atoms with Gasteiger partial charge in [-0.05, 0) is 24.3 Å². The molecule has 9 nitrogen and oxygen atoms in total. The molecule has 1 aromatic heterocycles. The first kappa shape index (κ1) is 17.4. The Morgan fingerprint density at radius 1 is 1.19 bits per heavy atom. The highest BCUT2D eigenvalue weighted by Crippen LogP contribution is 2.34. The summed E-state index contributed by atoms with van der Waals surface area (Å²) in [4.78, 5) is 27.3. The molecule has 0 bridgehead atoms. The Morgan fingerprint density at radius 3 is 2.50 bits per heavy atom. The van der Waals surface area contributed by atoms with Crippen molar-refractivity contribution in [3.63, 3.8) is 0 Å². The van der Waals surface area contributed by atoms with Crippen LogP contribution in [-0.2, 0) is 14.8 Å². The lowest BCUT2D eigenvalue weighted by atomic mass is 10.1. The third-order valence-electron chi connectivity index (χ3n) is 3.82. The Hall–Kier alpha value is -3.40. The molecule has 2 amide bonds. The number of likely N-dealkylation sites (N-methyl/N-ethyl adjacent to an activating group) is 1. The second kappa shape index (κ2) is 6.15. The summed E-state index contributed by atoms with van der Waals surface area (Å²) < 4.78 is 25.8. The van der Waals surface area contributed by atoms with E-state index in [1.54, 1.807) is 6.07 Å². The van der Waals surface area contributed by atoms with Crippen LogP contribution in [-0.4, -0.2) is 41.7 Å². The van der Waals surface area contributed by atoms with Gasteiger partial charge in [0.25, 0.3) is 15.9 Å². The number of carbonyl (C=O) groups is 2. The van der Waals surface area contributed by atoms with Gasteiger partial charge in [0.05, 0.1) is 10.5 Å². The molecule has 3 rings (SSSR count). The third kappa shape index (κ3) is 2.75. The number of amides is 2. The van der Waals surface area contributed by atoms with E-state index in [9.17, 15) is 23.1 Å². The van der Waals surface area contributed by atoms with Crippen LogP contribution in [0.25, 0.3) is 5.76 Å². The van der Waals surface area contributed by atoms with Crippen LogP contribution >= 0.6 is 0 Å². The van der Waals surface area contributed by atoms with Crippen molar-refractivity contribution in [2.75, 3.05) is 12.4 Å². The van der Waals surface area contributed by atoms with E-state index in [1.807, 2.05) is 0 Å². The molecule has 1 aliphatic rings. The summed E-state index contributed by atoms with van der Waals surface area (Å²) in [5.74, 6) is -1.96. The molecule has 0 unspecified atom stereocenters. The Labute approximate surface area is 148 Å². The summed E-state index contributed by atoms with van der Waals surface area (Å²) in [6.45, 7) is 0. The highest BCUT2D eigenvalue weighted by Gasteiger charge is 2.37. The van der Waals surface area contributed by atoms with Crippen molar-refractivity contribution in [3.05, 3.63) is 59.4 Å². The first-order valence-electron chi connectivity index (χ1n) is 7.32. The standard InChI is InChI=1S/C16H14N4O5S/c1-20-13(14(21)10-4-2-3-5-11(10)26(20,24)25)16(23)19-12-7-6-9(8-18-12)15(17)22/h2-8,21H,1H3,(H2,17,22)(H,18,19,23). The SMILES string of the molecule is CN1C(C(=O)Nc2ccc(C(N)=O)cn2)=C(O)c2ccccc2S1(=O)=O. The van der Waals surface area contributed by atoms with Crippen LogP contribution in [0.2, 0.25) is 0 Å². The van der Waals surface area contributed by atoms with Crippen molar-refractivity contribution < 1.29 is 23.1 Å². The molecule has 0 saturated carbocycles. The smallest absolute Gasteiger partial charge is 0.277 e. The minimum atomic E-state index is -3.99. The van der Waals surface area contributed by atoms with Gasteiger partial charge in [-0.1, -0.05) is 12.1 Å². The molecule has 2 aromatic rings. The fourth-order valence-corrected chi connectivity index (χ4v) is 3.87. The predicted molar refractivity (Wildman–Crippen MR) is 92.3 cm³/mol. The average Bonchev–Trinajstić information content (AvgIpc) is 2.61. The van der Waals surface area contributed by atoms with Gasteiger partial charge in [0.2, 0.25) is 5.91 Å². The van der Waals surface area contributed by atoms with E-state index in [2.05, 4.69) is 10.3 Å². The Kier molecular flexibility index (Phi) is 4.12. The number of aromatic nitrogens is 1. The van der Waals surface area contributed by atoms with Gasteiger partial charge in [-0.15, -0.1) is 0 Å². The second-order valence-corrected chi connectivity index (χ2v) is 7.35. The van der Waals surface area contributed by atoms with Crippen molar-refractivity contribution in [1.82, 2.24) is 9.29 Å². The van der Waals surface area contributed by atoms with Gasteiger partial charge in [0.15, 0.2) is 11.5 Å². The number of hydrogen-bond acceptors (Lipinski definition) is 6. The van der Waals surface area contributed by atoms with E-state index in [4.69, 9.17) is 5.73 Å². The molecule has 2 heterocycles. The lowest BCUT2D eigenvalue weighted by molar-refractivity contribution is -0.113. The quantitative estimate of drug-likeness (QED) is 0.721. The number of nitrogens with two attached hydrogens (primary N) is 1. The first-order chi connectivity index (χ1) is 12.2. The summed E-state index contributed by atoms with van der Waals surface area (Å²) in [5.41, 5.74) is 4.86. The van der Waals surface area contributed by atoms with Crippen LogP contribution in [0.15, 0.2) is 53.2 Å². The number of pyridine rings is 1. The minimum absolute atomic E-state index is 0.0350. The Bertz CT molecular complexity index is 1040. The fraction of sp³-hybridized carbons (Fsp3) is 0.0625. The van der Waals surface area contributed by atoms with Crippen LogP contribution in [0.3, 0.4) is 0 Å². The van der Waals surface area contributed by atoms with Crippen LogP contribution in [0, 0.1) is 0 Å². The molecule has 10 heteroatoms. The van der Waals surface area contributed by atoms with Gasteiger partial charge < -0.3 is 16.2 Å². The number of rotatable bonds is 3. The zero-order chi connectivity index (χ0) is 19.1. The van der Waals surface area contributed by atoms with Crippen molar-refractivity contribution in [1.29, 1.82) is 0 Å². The molecule has 26 heavy (non-hydrogen) atoms. The lowest BCUT2D eigenvalue weighted by Crippen LogP contribution is -2.37. The number of nitrogens with zero attached hydrogens (tertiary/aromatic N) is 2. The summed E-state index contributed by atoms with van der Waals surface area (Å²) in [7, 11) is -2.82. The largest absolute Gasteiger partial charge is 0.505 e. The van der Waals surface area contributed by atoms with Crippen molar-refractivity contribution in [3.8, 4) is 0 Å². The topological polar surface area (TPSA) is 143 Å². The Balaban J connectivity index is 1.99. The molecule has 1 aromatic carbocycles. The fourth-order valence-electron chi connectivity index (χ4n) is 2.47. The number of aliphatic hydroxyl groups is 1. The van der Waals surface area contributed by atoms with Gasteiger partial charge in [0, 0.05) is 18.8 Å². The monoisotopic (exact) mass is 374 g/mol. The average molecular weight is 374 g/mol. The molecule has 0 fully saturated rings. The molecular weight excluding hydrogens is 360 g/mol. The van der Waals surface area contributed by atoms with E-state index in [0.29, 0.717) is 4.31 Å². The molecule has 134 valence electrons. The van der Waals surface area contributed by atoms with Crippen LogP contribution < -0.4 is 11.1 Å².